The van der Waals surface area contributed by atoms with E-state index < -0.39 is 0 Å². The van der Waals surface area contributed by atoms with Crippen LogP contribution in [-0.4, -0.2) is 26.3 Å². The number of nitrogens with one attached hydrogen (secondary N) is 1. The highest BCUT2D eigenvalue weighted by Crippen LogP contribution is 2.25. The number of nitrogens with zero attached hydrogens (tertiary/aromatic N) is 1. The van der Waals surface area contributed by atoms with Crippen LogP contribution in [0.5, 0.6) is 17.2 Å². The van der Waals surface area contributed by atoms with E-state index in [1.165, 1.54) is 0 Å². The van der Waals surface area contributed by atoms with Gasteiger partial charge in [0, 0.05) is 17.3 Å². The number of nitrogens with two attached hydrogens (primary N) is 1. The maximum atomic E-state index is 5.96. The van der Waals surface area contributed by atoms with Crippen LogP contribution >= 0.6 is 24.0 Å². The van der Waals surface area contributed by atoms with E-state index in [9.17, 15) is 0 Å². The van der Waals surface area contributed by atoms with E-state index in [1.54, 1.807) is 14.2 Å². The molecule has 2 rings (SSSR count). The molecule has 0 aromatic heterocycles. The summed E-state index contributed by atoms with van der Waals surface area (Å²) in [7, 11) is 3.23. The lowest BCUT2D eigenvalue weighted by Gasteiger charge is -2.11. The Labute approximate surface area is 171 Å². The average molecular weight is 471 g/mol. The van der Waals surface area contributed by atoms with Gasteiger partial charge in [0.15, 0.2) is 5.96 Å². The zero-order chi connectivity index (χ0) is 18.2. The zero-order valence-electron chi connectivity index (χ0n) is 15.5. The topological polar surface area (TPSA) is 78.1 Å². The number of aliphatic imine (C=N–C) groups is 1. The lowest BCUT2D eigenvalue weighted by molar-refractivity contribution is 0.242. The Hall–Kier alpha value is -2.16. The van der Waals surface area contributed by atoms with E-state index in [0.717, 1.165) is 22.7 Å². The fourth-order valence-corrected chi connectivity index (χ4v) is 2.23. The predicted octanol–water partition coefficient (Wildman–Crippen LogP) is 4.04. The highest BCUT2D eigenvalue weighted by molar-refractivity contribution is 14.0. The number of benzene rings is 2. The van der Waals surface area contributed by atoms with Crippen LogP contribution < -0.4 is 25.3 Å². The van der Waals surface area contributed by atoms with E-state index in [1.807, 2.05) is 56.3 Å². The predicted molar refractivity (Wildman–Crippen MR) is 116 cm³/mol. The van der Waals surface area contributed by atoms with E-state index >= 15 is 0 Å². The lowest BCUT2D eigenvalue weighted by Crippen LogP contribution is -2.22. The Bertz CT molecular complexity index is 718. The maximum absolute atomic E-state index is 5.96. The van der Waals surface area contributed by atoms with Gasteiger partial charge in [0.1, 0.15) is 17.2 Å². The van der Waals surface area contributed by atoms with Gasteiger partial charge in [-0.3, -0.25) is 0 Å². The first-order valence-electron chi connectivity index (χ1n) is 8.06. The number of hydrogen-bond acceptors (Lipinski definition) is 4. The summed E-state index contributed by atoms with van der Waals surface area (Å²) >= 11 is 0. The minimum absolute atomic E-state index is 0. The number of rotatable bonds is 7. The monoisotopic (exact) mass is 471 g/mol. The molecule has 0 aliphatic carbocycles. The van der Waals surface area contributed by atoms with Crippen molar-refractivity contribution in [1.82, 2.24) is 0 Å². The molecule has 7 heteroatoms. The highest BCUT2D eigenvalue weighted by Gasteiger charge is 2.05. The van der Waals surface area contributed by atoms with Crippen LogP contribution in [0.15, 0.2) is 47.5 Å². The normalized spacial score (nSPS) is 10.9. The molecule has 0 radical (unpaired) electrons. The number of ether oxygens (including phenoxy) is 3. The second kappa shape index (κ2) is 10.7. The average Bonchev–Trinajstić information content (AvgIpc) is 2.61. The molecule has 2 aromatic rings. The molecule has 2 aromatic carbocycles. The van der Waals surface area contributed by atoms with Gasteiger partial charge >= 0.3 is 0 Å². The van der Waals surface area contributed by atoms with Crippen molar-refractivity contribution < 1.29 is 14.2 Å². The van der Waals surface area contributed by atoms with Gasteiger partial charge in [0.25, 0.3) is 0 Å². The second-order valence-electron chi connectivity index (χ2n) is 5.70. The zero-order valence-corrected chi connectivity index (χ0v) is 17.8. The van der Waals surface area contributed by atoms with Crippen molar-refractivity contribution in [3.05, 3.63) is 48.0 Å². The van der Waals surface area contributed by atoms with E-state index in [0.29, 0.717) is 18.3 Å². The number of halogens is 1. The fraction of sp³-hybridized carbons (Fsp3) is 0.316. The van der Waals surface area contributed by atoms with Gasteiger partial charge in [-0.1, -0.05) is 0 Å². The van der Waals surface area contributed by atoms with E-state index in [2.05, 4.69) is 10.3 Å². The van der Waals surface area contributed by atoms with Crippen LogP contribution in [0.2, 0.25) is 0 Å². The van der Waals surface area contributed by atoms with Gasteiger partial charge in [-0.15, -0.1) is 24.0 Å². The maximum Gasteiger partial charge on any atom is 0.193 e. The molecule has 0 aliphatic rings. The largest absolute Gasteiger partial charge is 0.497 e. The lowest BCUT2D eigenvalue weighted by atomic mass is 10.2. The smallest absolute Gasteiger partial charge is 0.193 e. The molecule has 0 unspecified atom stereocenters. The molecule has 3 N–H and O–H groups in total. The van der Waals surface area contributed by atoms with Gasteiger partial charge in [0.05, 0.1) is 26.9 Å². The van der Waals surface area contributed by atoms with Crippen molar-refractivity contribution in [3.8, 4) is 17.2 Å². The summed E-state index contributed by atoms with van der Waals surface area (Å²) < 4.78 is 16.2. The van der Waals surface area contributed by atoms with Gasteiger partial charge in [-0.25, -0.2) is 4.99 Å². The van der Waals surface area contributed by atoms with Crippen LogP contribution in [0.1, 0.15) is 19.4 Å². The van der Waals surface area contributed by atoms with Gasteiger partial charge in [-0.2, -0.15) is 0 Å². The number of guanidine groups is 1. The van der Waals surface area contributed by atoms with Crippen molar-refractivity contribution in [1.29, 1.82) is 0 Å². The van der Waals surface area contributed by atoms with Crippen LogP contribution in [0, 0.1) is 0 Å². The molecule has 0 bridgehead atoms. The van der Waals surface area contributed by atoms with Crippen LogP contribution in [0.3, 0.4) is 0 Å². The van der Waals surface area contributed by atoms with Crippen LogP contribution in [0.25, 0.3) is 0 Å². The molecule has 0 amide bonds. The van der Waals surface area contributed by atoms with E-state index in [-0.39, 0.29) is 30.1 Å². The molecule has 26 heavy (non-hydrogen) atoms. The van der Waals surface area contributed by atoms with Gasteiger partial charge < -0.3 is 25.3 Å². The molecule has 0 fully saturated rings. The highest BCUT2D eigenvalue weighted by atomic mass is 127. The van der Waals surface area contributed by atoms with Crippen molar-refractivity contribution >= 4 is 35.6 Å². The number of methoxy groups -OCH3 is 2. The van der Waals surface area contributed by atoms with Gasteiger partial charge in [-0.05, 0) is 50.2 Å². The Morgan fingerprint density at radius 1 is 1.04 bits per heavy atom. The molecular weight excluding hydrogens is 445 g/mol. The molecule has 0 atom stereocenters. The summed E-state index contributed by atoms with van der Waals surface area (Å²) in [5.41, 5.74) is 7.73. The first kappa shape index (κ1) is 21.9. The molecule has 0 saturated carbocycles. The first-order valence-corrected chi connectivity index (χ1v) is 8.06. The summed E-state index contributed by atoms with van der Waals surface area (Å²) in [5.74, 6) is 2.60. The van der Waals surface area contributed by atoms with E-state index in [4.69, 9.17) is 19.9 Å². The van der Waals surface area contributed by atoms with Crippen molar-refractivity contribution in [2.24, 2.45) is 10.7 Å². The molecule has 142 valence electrons. The Balaban J connectivity index is 0.00000338. The number of hydrogen-bond donors (Lipinski definition) is 2. The third kappa shape index (κ3) is 6.62. The molecule has 0 heterocycles. The summed E-state index contributed by atoms with van der Waals surface area (Å²) in [6.07, 6.45) is 0.143. The summed E-state index contributed by atoms with van der Waals surface area (Å²) in [5, 5.41) is 3.06. The SMILES string of the molecule is COc1ccc(CN=C(N)Nc2ccc(OC(C)C)cc2)c(OC)c1.I. The third-order valence-corrected chi connectivity index (χ3v) is 3.41. The minimum Gasteiger partial charge on any atom is -0.497 e. The van der Waals surface area contributed by atoms with Crippen molar-refractivity contribution in [2.45, 2.75) is 26.5 Å². The Kier molecular flexibility index (Phi) is 9.04. The van der Waals surface area contributed by atoms with Crippen LogP contribution in [-0.2, 0) is 6.54 Å². The summed E-state index contributed by atoms with van der Waals surface area (Å²) in [4.78, 5) is 4.36. The quantitative estimate of drug-likeness (QED) is 0.362. The summed E-state index contributed by atoms with van der Waals surface area (Å²) in [6, 6.07) is 13.2. The molecule has 0 spiro atoms. The second-order valence-corrected chi connectivity index (χ2v) is 5.70. The van der Waals surface area contributed by atoms with Crippen molar-refractivity contribution in [2.75, 3.05) is 19.5 Å². The molecule has 6 nitrogen and oxygen atoms in total. The standard InChI is InChI=1S/C19H25N3O3.HI/c1-13(2)25-16-9-6-15(7-10-16)22-19(20)21-12-14-5-8-17(23-3)11-18(14)24-4;/h5-11,13H,12H2,1-4H3,(H3,20,21,22);1H. The molecule has 0 saturated heterocycles. The first-order chi connectivity index (χ1) is 12.0. The molecular formula is C19H26IN3O3. The molecule has 0 aliphatic heterocycles. The van der Waals surface area contributed by atoms with Crippen molar-refractivity contribution in [3.63, 3.8) is 0 Å². The van der Waals surface area contributed by atoms with Gasteiger partial charge in [0.2, 0.25) is 0 Å². The Morgan fingerprint density at radius 3 is 2.27 bits per heavy atom. The fourth-order valence-electron chi connectivity index (χ4n) is 2.23. The number of anilines is 1. The third-order valence-electron chi connectivity index (χ3n) is 3.41. The van der Waals surface area contributed by atoms with Crippen LogP contribution in [0.4, 0.5) is 5.69 Å². The Morgan fingerprint density at radius 2 is 1.69 bits per heavy atom. The minimum atomic E-state index is 0. The summed E-state index contributed by atoms with van der Waals surface area (Å²) in [6.45, 7) is 4.38.